The molecule has 1 aliphatic heterocycles. The smallest absolute Gasteiger partial charge is 0.230 e. The summed E-state index contributed by atoms with van der Waals surface area (Å²) in [5.74, 6) is 1.42. The molecule has 0 atom stereocenters. The lowest BCUT2D eigenvalue weighted by atomic mass is 9.90. The Labute approximate surface area is 180 Å². The summed E-state index contributed by atoms with van der Waals surface area (Å²) in [6, 6.07) is 3.09. The molecule has 1 aliphatic carbocycles. The molecular weight excluding hydrogens is 400 g/mol. The molecule has 30 heavy (non-hydrogen) atoms. The molecule has 1 saturated heterocycles. The molecule has 0 spiro atoms. The molecule has 160 valence electrons. The molecule has 0 aromatic carbocycles. The number of hydrogen-bond acceptors (Lipinski definition) is 9. The zero-order valence-electron chi connectivity index (χ0n) is 17.5. The molecule has 2 N–H and O–H groups in total. The first-order valence-corrected chi connectivity index (χ1v) is 11.4. The molecule has 0 amide bonds. The van der Waals surface area contributed by atoms with Crippen LogP contribution in [0.3, 0.4) is 0 Å². The van der Waals surface area contributed by atoms with Crippen LogP contribution in [0.1, 0.15) is 31.4 Å². The molecular formula is C20H28N8OS. The Kier molecular flexibility index (Phi) is 5.53. The summed E-state index contributed by atoms with van der Waals surface area (Å²) in [7, 11) is 1.94. The van der Waals surface area contributed by atoms with Gasteiger partial charge in [0.25, 0.3) is 0 Å². The molecule has 4 heterocycles. The van der Waals surface area contributed by atoms with Gasteiger partial charge in [-0.2, -0.15) is 14.5 Å². The van der Waals surface area contributed by atoms with Gasteiger partial charge in [0.05, 0.1) is 25.1 Å². The van der Waals surface area contributed by atoms with Crippen LogP contribution in [0.15, 0.2) is 12.3 Å². The second kappa shape index (κ2) is 8.44. The zero-order valence-corrected chi connectivity index (χ0v) is 18.3. The van der Waals surface area contributed by atoms with Gasteiger partial charge in [-0.05, 0) is 50.2 Å². The molecule has 0 bridgehead atoms. The number of fused-ring (bicyclic) bond motifs is 1. The van der Waals surface area contributed by atoms with Gasteiger partial charge in [-0.25, -0.2) is 4.98 Å². The average molecular weight is 429 g/mol. The largest absolute Gasteiger partial charge is 0.379 e. The molecule has 1 saturated carbocycles. The van der Waals surface area contributed by atoms with E-state index in [0.717, 1.165) is 66.7 Å². The van der Waals surface area contributed by atoms with Crippen LogP contribution in [0.5, 0.6) is 0 Å². The van der Waals surface area contributed by atoms with Gasteiger partial charge in [0, 0.05) is 32.2 Å². The lowest BCUT2D eigenvalue weighted by Crippen LogP contribution is -2.46. The van der Waals surface area contributed by atoms with Crippen molar-refractivity contribution in [1.29, 1.82) is 0 Å². The number of aryl methyl sites for hydroxylation is 2. The van der Waals surface area contributed by atoms with Gasteiger partial charge < -0.3 is 15.4 Å². The Morgan fingerprint density at radius 2 is 1.93 bits per heavy atom. The van der Waals surface area contributed by atoms with E-state index in [1.807, 2.05) is 24.7 Å². The summed E-state index contributed by atoms with van der Waals surface area (Å²) < 4.78 is 11.7. The second-order valence-electron chi connectivity index (χ2n) is 8.15. The Balaban J connectivity index is 1.31. The summed E-state index contributed by atoms with van der Waals surface area (Å²) in [4.78, 5) is 12.0. The first-order chi connectivity index (χ1) is 14.7. The maximum absolute atomic E-state index is 5.50. The molecule has 2 fully saturated rings. The normalized spacial score (nSPS) is 23.0. The van der Waals surface area contributed by atoms with Crippen LogP contribution in [0.2, 0.25) is 0 Å². The summed E-state index contributed by atoms with van der Waals surface area (Å²) in [6.45, 7) is 5.85. The fourth-order valence-corrected chi connectivity index (χ4v) is 5.15. The molecule has 10 heteroatoms. The highest BCUT2D eigenvalue weighted by molar-refractivity contribution is 7.10. The fourth-order valence-electron chi connectivity index (χ4n) is 4.49. The van der Waals surface area contributed by atoms with Crippen molar-refractivity contribution in [3.63, 3.8) is 0 Å². The molecule has 2 aliphatic rings. The number of hydrogen-bond donors (Lipinski definition) is 2. The number of ether oxygens (including phenoxy) is 1. The van der Waals surface area contributed by atoms with Crippen LogP contribution in [-0.4, -0.2) is 67.4 Å². The van der Waals surface area contributed by atoms with Crippen LogP contribution in [0.4, 0.5) is 16.8 Å². The van der Waals surface area contributed by atoms with E-state index in [0.29, 0.717) is 18.0 Å². The van der Waals surface area contributed by atoms with E-state index in [9.17, 15) is 0 Å². The Morgan fingerprint density at radius 1 is 1.13 bits per heavy atom. The number of morpholine rings is 1. The van der Waals surface area contributed by atoms with Gasteiger partial charge in [-0.3, -0.25) is 9.58 Å². The van der Waals surface area contributed by atoms with E-state index in [4.69, 9.17) is 9.72 Å². The number of nitrogens with one attached hydrogen (secondary N) is 2. The fraction of sp³-hybridized carbons (Fsp3) is 0.600. The summed E-state index contributed by atoms with van der Waals surface area (Å²) in [5, 5.41) is 12.3. The van der Waals surface area contributed by atoms with E-state index in [1.165, 1.54) is 24.4 Å². The van der Waals surface area contributed by atoms with Gasteiger partial charge in [0.15, 0.2) is 5.82 Å². The van der Waals surface area contributed by atoms with Crippen LogP contribution in [0.25, 0.3) is 11.0 Å². The Morgan fingerprint density at radius 3 is 2.67 bits per heavy atom. The Bertz CT molecular complexity index is 1000. The highest BCUT2D eigenvalue weighted by Gasteiger charge is 2.27. The van der Waals surface area contributed by atoms with Crippen molar-refractivity contribution >= 4 is 39.3 Å². The van der Waals surface area contributed by atoms with E-state index >= 15 is 0 Å². The van der Waals surface area contributed by atoms with E-state index in [-0.39, 0.29) is 0 Å². The molecule has 0 unspecified atom stereocenters. The first kappa shape index (κ1) is 19.7. The second-order valence-corrected chi connectivity index (χ2v) is 8.96. The van der Waals surface area contributed by atoms with E-state index < -0.39 is 0 Å². The monoisotopic (exact) mass is 428 g/mol. The molecule has 5 rings (SSSR count). The predicted molar refractivity (Wildman–Crippen MR) is 118 cm³/mol. The number of aromatic nitrogens is 5. The quantitative estimate of drug-likeness (QED) is 0.641. The standard InChI is InChI=1S/C20H28N8OS/c1-13-11-17(30-26-13)24-20-23-16-12-21-27(2)18(16)19(25-20)22-14-3-5-15(6-4-14)28-7-9-29-10-8-28/h11-12,14-15H,3-10H2,1-2H3,(H2,22,23,24,25)/t14-,15-. The maximum Gasteiger partial charge on any atom is 0.230 e. The van der Waals surface area contributed by atoms with Crippen LogP contribution in [0, 0.1) is 6.92 Å². The van der Waals surface area contributed by atoms with Crippen molar-refractivity contribution in [2.75, 3.05) is 36.9 Å². The number of rotatable bonds is 5. The lowest BCUT2D eigenvalue weighted by molar-refractivity contribution is 0.00791. The summed E-state index contributed by atoms with van der Waals surface area (Å²) in [5.41, 5.74) is 2.76. The zero-order chi connectivity index (χ0) is 20.5. The van der Waals surface area contributed by atoms with Gasteiger partial charge in [-0.1, -0.05) is 0 Å². The van der Waals surface area contributed by atoms with Crippen molar-refractivity contribution in [3.8, 4) is 0 Å². The SMILES string of the molecule is Cc1cc(Nc2nc(N[C@H]3CC[C@H](N4CCOCC4)CC3)c3c(cnn3C)n2)sn1. The van der Waals surface area contributed by atoms with Crippen LogP contribution in [-0.2, 0) is 11.8 Å². The molecule has 9 nitrogen and oxygen atoms in total. The summed E-state index contributed by atoms with van der Waals surface area (Å²) >= 11 is 1.41. The highest BCUT2D eigenvalue weighted by Crippen LogP contribution is 2.29. The first-order valence-electron chi connectivity index (χ1n) is 10.6. The topological polar surface area (TPSA) is 93.0 Å². The maximum atomic E-state index is 5.50. The third-order valence-corrected chi connectivity index (χ3v) is 6.85. The highest BCUT2D eigenvalue weighted by atomic mass is 32.1. The van der Waals surface area contributed by atoms with Gasteiger partial charge in [0.1, 0.15) is 16.0 Å². The van der Waals surface area contributed by atoms with Crippen molar-refractivity contribution in [1.82, 2.24) is 29.0 Å². The number of nitrogens with zero attached hydrogens (tertiary/aromatic N) is 6. The van der Waals surface area contributed by atoms with Gasteiger partial charge in [0.2, 0.25) is 5.95 Å². The van der Waals surface area contributed by atoms with Crippen molar-refractivity contribution in [2.24, 2.45) is 7.05 Å². The molecule has 3 aromatic heterocycles. The van der Waals surface area contributed by atoms with Crippen molar-refractivity contribution < 1.29 is 4.74 Å². The minimum Gasteiger partial charge on any atom is -0.379 e. The van der Waals surface area contributed by atoms with Crippen LogP contribution < -0.4 is 10.6 Å². The van der Waals surface area contributed by atoms with Crippen molar-refractivity contribution in [2.45, 2.75) is 44.7 Å². The lowest BCUT2D eigenvalue weighted by Gasteiger charge is -2.39. The van der Waals surface area contributed by atoms with Gasteiger partial charge in [-0.15, -0.1) is 0 Å². The molecule has 0 radical (unpaired) electrons. The minimum absolute atomic E-state index is 0.411. The van der Waals surface area contributed by atoms with Crippen LogP contribution >= 0.6 is 11.5 Å². The average Bonchev–Trinajstić information content (AvgIpc) is 3.34. The van der Waals surface area contributed by atoms with E-state index in [1.54, 1.807) is 6.20 Å². The van der Waals surface area contributed by atoms with Crippen molar-refractivity contribution in [3.05, 3.63) is 18.0 Å². The number of anilines is 3. The third kappa shape index (κ3) is 4.12. The minimum atomic E-state index is 0.411. The van der Waals surface area contributed by atoms with E-state index in [2.05, 4.69) is 30.0 Å². The summed E-state index contributed by atoms with van der Waals surface area (Å²) in [6.07, 6.45) is 6.50. The Hall–Kier alpha value is -2.30. The molecule has 3 aromatic rings. The predicted octanol–water partition coefficient (Wildman–Crippen LogP) is 2.93. The third-order valence-electron chi connectivity index (χ3n) is 6.05. The van der Waals surface area contributed by atoms with Gasteiger partial charge >= 0.3 is 0 Å².